The monoisotopic (exact) mass is 758 g/mol. The summed E-state index contributed by atoms with van der Waals surface area (Å²) in [6.07, 6.45) is 7.92. The molecule has 3 saturated heterocycles. The number of alkyl halides is 1. The molecule has 0 aromatic heterocycles. The maximum absolute atomic E-state index is 16.3. The summed E-state index contributed by atoms with van der Waals surface area (Å²) in [5.74, 6) is 0.312. The first-order valence-corrected chi connectivity index (χ1v) is 20.9. The van der Waals surface area contributed by atoms with E-state index in [1.165, 1.54) is 43.5 Å². The lowest BCUT2D eigenvalue weighted by atomic mass is 9.56. The molecule has 54 heavy (non-hydrogen) atoms. The van der Waals surface area contributed by atoms with E-state index in [1.54, 1.807) is 30.3 Å². The number of carbonyl (C=O) groups excluding carboxylic acids is 2. The average Bonchev–Trinajstić information content (AvgIpc) is 3.62. The molecule has 4 fully saturated rings. The summed E-state index contributed by atoms with van der Waals surface area (Å²) in [5.41, 5.74) is 0.502. The summed E-state index contributed by atoms with van der Waals surface area (Å²) in [6.45, 7) is 8.96. The standard InChI is InChI=1S/C43H52F2N4O4S/c1-3-37(50)25-32-7-4-10-40(32)43(30-47-21-6-22-47,34-8-5-9-35(44)26-34)33-19-23-48(24-20-33)27-42(45)28-49(29-42)36-13-17-39(18-14-36)54(52,53)38-15-11-31(12-16-38)41(51)46-2/h3,5,8-9,11-18,26,32-33,40H,1,4,6-7,10,19-25,27-30H2,2H3,(H,46,51)/t32-,40+,43+/m1/s1. The van der Waals surface area contributed by atoms with Gasteiger partial charge < -0.3 is 15.1 Å². The molecule has 3 heterocycles. The van der Waals surface area contributed by atoms with Gasteiger partial charge in [-0.25, -0.2) is 17.2 Å². The highest BCUT2D eigenvalue weighted by molar-refractivity contribution is 7.91. The Morgan fingerprint density at radius 2 is 1.57 bits per heavy atom. The van der Waals surface area contributed by atoms with Gasteiger partial charge in [0.1, 0.15) is 5.82 Å². The highest BCUT2D eigenvalue weighted by Gasteiger charge is 2.53. The smallest absolute Gasteiger partial charge is 0.251 e. The highest BCUT2D eigenvalue weighted by Crippen LogP contribution is 2.54. The van der Waals surface area contributed by atoms with E-state index in [0.29, 0.717) is 18.5 Å². The van der Waals surface area contributed by atoms with Crippen molar-refractivity contribution in [1.29, 1.82) is 0 Å². The van der Waals surface area contributed by atoms with Crippen molar-refractivity contribution >= 4 is 27.2 Å². The molecule has 11 heteroatoms. The Morgan fingerprint density at radius 1 is 0.907 bits per heavy atom. The van der Waals surface area contributed by atoms with E-state index in [2.05, 4.69) is 27.8 Å². The first kappa shape index (κ1) is 38.3. The van der Waals surface area contributed by atoms with Gasteiger partial charge in [-0.15, -0.1) is 0 Å². The number of halogens is 2. The zero-order valence-corrected chi connectivity index (χ0v) is 32.0. The van der Waals surface area contributed by atoms with Gasteiger partial charge in [0.05, 0.1) is 22.9 Å². The molecule has 1 amide bonds. The average molecular weight is 759 g/mol. The quantitative estimate of drug-likeness (QED) is 0.189. The van der Waals surface area contributed by atoms with Gasteiger partial charge in [0.15, 0.2) is 11.5 Å². The number of likely N-dealkylation sites (tertiary alicyclic amines) is 2. The Labute approximate surface area is 318 Å². The molecule has 8 nitrogen and oxygen atoms in total. The molecule has 1 aliphatic carbocycles. The first-order valence-electron chi connectivity index (χ1n) is 19.4. The van der Waals surface area contributed by atoms with Crippen LogP contribution in [0.5, 0.6) is 0 Å². The summed E-state index contributed by atoms with van der Waals surface area (Å²) in [5, 5.41) is 2.52. The molecule has 0 bridgehead atoms. The molecule has 3 aromatic rings. The van der Waals surface area contributed by atoms with E-state index < -0.39 is 15.5 Å². The molecule has 1 N–H and O–H groups in total. The lowest BCUT2D eigenvalue weighted by molar-refractivity contribution is -0.116. The zero-order valence-electron chi connectivity index (χ0n) is 31.2. The largest absolute Gasteiger partial charge is 0.365 e. The van der Waals surface area contributed by atoms with Crippen molar-refractivity contribution in [3.63, 3.8) is 0 Å². The van der Waals surface area contributed by atoms with Gasteiger partial charge >= 0.3 is 0 Å². The second-order valence-corrected chi connectivity index (χ2v) is 18.0. The number of benzene rings is 3. The molecular weight excluding hydrogens is 707 g/mol. The molecular formula is C43H52F2N4O4S. The minimum atomic E-state index is -3.79. The number of hydrogen-bond donors (Lipinski definition) is 1. The number of nitrogens with zero attached hydrogens (tertiary/aromatic N) is 3. The summed E-state index contributed by atoms with van der Waals surface area (Å²) in [6, 6.07) is 19.6. The van der Waals surface area contributed by atoms with E-state index in [-0.39, 0.29) is 63.6 Å². The van der Waals surface area contributed by atoms with Crippen LogP contribution in [0.25, 0.3) is 0 Å². The topological polar surface area (TPSA) is 90.0 Å². The van der Waals surface area contributed by atoms with E-state index >= 15 is 8.78 Å². The lowest BCUT2D eigenvalue weighted by Crippen LogP contribution is -2.64. The van der Waals surface area contributed by atoms with Crippen LogP contribution in [0.1, 0.15) is 60.9 Å². The Kier molecular flexibility index (Phi) is 11.1. The van der Waals surface area contributed by atoms with Crippen molar-refractivity contribution in [3.8, 4) is 0 Å². The molecule has 288 valence electrons. The van der Waals surface area contributed by atoms with Gasteiger partial charge in [0.2, 0.25) is 9.84 Å². The Morgan fingerprint density at radius 3 is 2.17 bits per heavy atom. The maximum atomic E-state index is 16.3. The fourth-order valence-corrected chi connectivity index (χ4v) is 11.2. The minimum Gasteiger partial charge on any atom is -0.365 e. The first-order chi connectivity index (χ1) is 25.9. The zero-order chi connectivity index (χ0) is 38.1. The van der Waals surface area contributed by atoms with Crippen molar-refractivity contribution < 1.29 is 26.8 Å². The van der Waals surface area contributed by atoms with Crippen LogP contribution in [0.2, 0.25) is 0 Å². The summed E-state index contributed by atoms with van der Waals surface area (Å²) >= 11 is 0. The third-order valence-electron chi connectivity index (χ3n) is 12.7. The predicted molar refractivity (Wildman–Crippen MR) is 207 cm³/mol. The summed E-state index contributed by atoms with van der Waals surface area (Å²) in [7, 11) is -2.27. The molecule has 1 saturated carbocycles. The summed E-state index contributed by atoms with van der Waals surface area (Å²) in [4.78, 5) is 31.5. The van der Waals surface area contributed by atoms with E-state index in [1.807, 2.05) is 11.0 Å². The van der Waals surface area contributed by atoms with Gasteiger partial charge in [-0.05, 0) is 148 Å². The number of rotatable bonds is 14. The van der Waals surface area contributed by atoms with Crippen LogP contribution >= 0.6 is 0 Å². The second kappa shape index (κ2) is 15.7. The minimum absolute atomic E-state index is 0.0772. The lowest BCUT2D eigenvalue weighted by Gasteiger charge is -2.54. The number of allylic oxidation sites excluding steroid dienone is 1. The van der Waals surface area contributed by atoms with Crippen LogP contribution in [0.4, 0.5) is 14.5 Å². The number of anilines is 1. The Bertz CT molecular complexity index is 1940. The molecule has 7 rings (SSSR count). The molecule has 3 aromatic carbocycles. The molecule has 0 radical (unpaired) electrons. The van der Waals surface area contributed by atoms with Gasteiger partial charge in [0.25, 0.3) is 5.91 Å². The molecule has 3 aliphatic heterocycles. The fourth-order valence-electron chi connectivity index (χ4n) is 9.91. The SMILES string of the molecule is C=CC(=O)C[C@H]1CCC[C@@H]1[C@](CN1CCC1)(c1cccc(F)c1)C1CCN(CC2(F)CN(c3ccc(S(=O)(=O)c4ccc(C(=O)NC)cc4)cc3)C2)CC1. The predicted octanol–water partition coefficient (Wildman–Crippen LogP) is 6.46. The normalized spacial score (nSPS) is 23.2. The second-order valence-electron chi connectivity index (χ2n) is 16.0. The molecule has 3 atom stereocenters. The van der Waals surface area contributed by atoms with Crippen LogP contribution in [0.15, 0.2) is 95.2 Å². The third-order valence-corrected chi connectivity index (χ3v) is 14.5. The number of hydrogen-bond acceptors (Lipinski definition) is 7. The van der Waals surface area contributed by atoms with Crippen molar-refractivity contribution in [2.24, 2.45) is 17.8 Å². The van der Waals surface area contributed by atoms with Crippen LogP contribution in [0.3, 0.4) is 0 Å². The number of sulfone groups is 1. The number of ketones is 1. The molecule has 0 unspecified atom stereocenters. The number of piperidine rings is 1. The number of nitrogens with one attached hydrogen (secondary N) is 1. The van der Waals surface area contributed by atoms with Gasteiger partial charge in [-0.3, -0.25) is 14.5 Å². The van der Waals surface area contributed by atoms with Crippen LogP contribution in [-0.2, 0) is 20.0 Å². The van der Waals surface area contributed by atoms with Crippen LogP contribution in [0, 0.1) is 23.6 Å². The number of amides is 1. The van der Waals surface area contributed by atoms with E-state index in [0.717, 1.165) is 82.5 Å². The van der Waals surface area contributed by atoms with Gasteiger partial charge in [0, 0.05) is 43.2 Å². The maximum Gasteiger partial charge on any atom is 0.251 e. The van der Waals surface area contributed by atoms with Crippen molar-refractivity contribution in [1.82, 2.24) is 15.1 Å². The fraction of sp³-hybridized carbons (Fsp3) is 0.488. The van der Waals surface area contributed by atoms with E-state index in [9.17, 15) is 18.0 Å². The summed E-state index contributed by atoms with van der Waals surface area (Å²) < 4.78 is 57.8. The van der Waals surface area contributed by atoms with Crippen molar-refractivity contribution in [2.45, 2.75) is 65.8 Å². The Hall–Kier alpha value is -3.93. The van der Waals surface area contributed by atoms with Crippen LogP contribution in [-0.4, -0.2) is 95.0 Å². The van der Waals surface area contributed by atoms with Crippen molar-refractivity contribution in [2.75, 3.05) is 64.3 Å². The van der Waals surface area contributed by atoms with Gasteiger partial charge in [-0.1, -0.05) is 25.1 Å². The third kappa shape index (κ3) is 7.64. The molecule has 4 aliphatic rings. The van der Waals surface area contributed by atoms with Crippen LogP contribution < -0.4 is 10.2 Å². The van der Waals surface area contributed by atoms with Gasteiger partial charge in [-0.2, -0.15) is 0 Å². The van der Waals surface area contributed by atoms with E-state index in [4.69, 9.17) is 0 Å². The Balaban J connectivity index is 1.01. The number of carbonyl (C=O) groups is 2. The highest BCUT2D eigenvalue weighted by atomic mass is 32.2. The van der Waals surface area contributed by atoms with Crippen molar-refractivity contribution in [3.05, 3.63) is 102 Å². The molecule has 0 spiro atoms.